The molecule has 0 radical (unpaired) electrons. The highest BCUT2D eigenvalue weighted by Gasteiger charge is 2.31. The van der Waals surface area contributed by atoms with Crippen molar-refractivity contribution in [1.29, 1.82) is 0 Å². The molecule has 0 bridgehead atoms. The minimum absolute atomic E-state index is 0.273. The molecule has 0 saturated heterocycles. The van der Waals surface area contributed by atoms with E-state index in [1.165, 1.54) is 0 Å². The predicted molar refractivity (Wildman–Crippen MR) is 31.7 cm³/mol. The van der Waals surface area contributed by atoms with Gasteiger partial charge in [0, 0.05) is 6.61 Å². The van der Waals surface area contributed by atoms with Crippen molar-refractivity contribution in [3.63, 3.8) is 0 Å². The summed E-state index contributed by atoms with van der Waals surface area (Å²) in [6.07, 6.45) is -4.31. The average molecular weight is 154 g/mol. The quantitative estimate of drug-likeness (QED) is 0.566. The molecular weight excluding hydrogens is 145 g/mol. The maximum atomic E-state index is 11.6. The van der Waals surface area contributed by atoms with Crippen molar-refractivity contribution in [2.24, 2.45) is 0 Å². The fraction of sp³-hybridized carbons (Fsp3) is 0.667. The molecule has 0 aromatic carbocycles. The van der Waals surface area contributed by atoms with E-state index in [9.17, 15) is 13.2 Å². The summed E-state index contributed by atoms with van der Waals surface area (Å²) in [5.41, 5.74) is -0.839. The minimum atomic E-state index is -4.31. The topological polar surface area (TPSA) is 9.23 Å². The molecule has 0 amide bonds. The number of rotatable bonds is 3. The third-order valence-corrected chi connectivity index (χ3v) is 0.881. The summed E-state index contributed by atoms with van der Waals surface area (Å²) in [6, 6.07) is 0. The Hall–Kier alpha value is -0.510. The lowest BCUT2D eigenvalue weighted by atomic mass is 10.3. The van der Waals surface area contributed by atoms with Crippen LogP contribution in [-0.2, 0) is 4.74 Å². The molecule has 0 unspecified atom stereocenters. The first-order chi connectivity index (χ1) is 4.48. The third kappa shape index (κ3) is 3.50. The van der Waals surface area contributed by atoms with Gasteiger partial charge in [-0.2, -0.15) is 13.2 Å². The zero-order chi connectivity index (χ0) is 8.20. The maximum absolute atomic E-state index is 11.6. The molecule has 0 fully saturated rings. The van der Waals surface area contributed by atoms with Crippen LogP contribution in [0.2, 0.25) is 0 Å². The fourth-order valence-corrected chi connectivity index (χ4v) is 0.307. The standard InChI is InChI=1S/C6H9F3O/c1-3-10-4-5(2)6(7,8)9/h2-4H2,1H3. The van der Waals surface area contributed by atoms with Crippen molar-refractivity contribution in [2.75, 3.05) is 13.2 Å². The monoisotopic (exact) mass is 154 g/mol. The molecular formula is C6H9F3O. The normalized spacial score (nSPS) is 11.6. The van der Waals surface area contributed by atoms with Gasteiger partial charge in [-0.05, 0) is 6.92 Å². The SMILES string of the molecule is C=C(COCC)C(F)(F)F. The Labute approximate surface area is 57.5 Å². The number of ether oxygens (including phenoxy) is 1. The molecule has 0 spiro atoms. The smallest absolute Gasteiger partial charge is 0.377 e. The van der Waals surface area contributed by atoms with Crippen molar-refractivity contribution in [3.05, 3.63) is 12.2 Å². The molecule has 0 aromatic rings. The van der Waals surface area contributed by atoms with E-state index in [1.807, 2.05) is 0 Å². The van der Waals surface area contributed by atoms with Gasteiger partial charge in [0.25, 0.3) is 0 Å². The van der Waals surface area contributed by atoms with Crippen LogP contribution in [0.3, 0.4) is 0 Å². The van der Waals surface area contributed by atoms with Crippen molar-refractivity contribution >= 4 is 0 Å². The largest absolute Gasteiger partial charge is 0.414 e. The van der Waals surface area contributed by atoms with Gasteiger partial charge >= 0.3 is 6.18 Å². The Balaban J connectivity index is 3.64. The van der Waals surface area contributed by atoms with Gasteiger partial charge in [0.2, 0.25) is 0 Å². The van der Waals surface area contributed by atoms with Gasteiger partial charge in [-0.3, -0.25) is 0 Å². The van der Waals surface area contributed by atoms with Crippen molar-refractivity contribution in [3.8, 4) is 0 Å². The lowest BCUT2D eigenvalue weighted by Gasteiger charge is -2.08. The van der Waals surface area contributed by atoms with E-state index >= 15 is 0 Å². The summed E-state index contributed by atoms with van der Waals surface area (Å²) in [5.74, 6) is 0. The maximum Gasteiger partial charge on any atom is 0.414 e. The molecule has 0 rings (SSSR count). The number of hydrogen-bond donors (Lipinski definition) is 0. The zero-order valence-electron chi connectivity index (χ0n) is 5.66. The van der Waals surface area contributed by atoms with Crippen molar-refractivity contribution in [1.82, 2.24) is 0 Å². The Bertz CT molecular complexity index is 117. The molecule has 0 N–H and O–H groups in total. The lowest BCUT2D eigenvalue weighted by Crippen LogP contribution is -2.15. The first-order valence-electron chi connectivity index (χ1n) is 2.81. The van der Waals surface area contributed by atoms with Crippen LogP contribution >= 0.6 is 0 Å². The summed E-state index contributed by atoms with van der Waals surface area (Å²) in [6.45, 7) is 4.28. The predicted octanol–water partition coefficient (Wildman–Crippen LogP) is 2.14. The van der Waals surface area contributed by atoms with Crippen LogP contribution in [0.4, 0.5) is 13.2 Å². The highest BCUT2D eigenvalue weighted by atomic mass is 19.4. The second-order valence-corrected chi connectivity index (χ2v) is 1.74. The summed E-state index contributed by atoms with van der Waals surface area (Å²) in [4.78, 5) is 0. The molecule has 10 heavy (non-hydrogen) atoms. The van der Waals surface area contributed by atoms with E-state index in [4.69, 9.17) is 0 Å². The Kier molecular flexibility index (Phi) is 3.42. The molecule has 0 heterocycles. The summed E-state index contributed by atoms with van der Waals surface area (Å²) < 4.78 is 39.3. The molecule has 0 aliphatic heterocycles. The summed E-state index contributed by atoms with van der Waals surface area (Å²) in [7, 11) is 0. The second-order valence-electron chi connectivity index (χ2n) is 1.74. The van der Waals surface area contributed by atoms with Gasteiger partial charge in [-0.15, -0.1) is 0 Å². The molecule has 1 nitrogen and oxygen atoms in total. The molecule has 0 saturated carbocycles. The van der Waals surface area contributed by atoms with E-state index in [-0.39, 0.29) is 6.61 Å². The van der Waals surface area contributed by atoms with Gasteiger partial charge < -0.3 is 4.74 Å². The Morgan fingerprint density at radius 2 is 2.00 bits per heavy atom. The third-order valence-electron chi connectivity index (χ3n) is 0.881. The van der Waals surface area contributed by atoms with Crippen LogP contribution in [0.5, 0.6) is 0 Å². The Morgan fingerprint density at radius 3 is 2.30 bits per heavy atom. The minimum Gasteiger partial charge on any atom is -0.377 e. The highest BCUT2D eigenvalue weighted by molar-refractivity contribution is 5.02. The van der Waals surface area contributed by atoms with Crippen LogP contribution in [0.1, 0.15) is 6.92 Å². The molecule has 0 aliphatic rings. The van der Waals surface area contributed by atoms with E-state index in [2.05, 4.69) is 11.3 Å². The first-order valence-corrected chi connectivity index (χ1v) is 2.81. The molecule has 4 heteroatoms. The van der Waals surface area contributed by atoms with Gasteiger partial charge in [0.15, 0.2) is 0 Å². The summed E-state index contributed by atoms with van der Waals surface area (Å²) >= 11 is 0. The molecule has 0 atom stereocenters. The van der Waals surface area contributed by atoms with Gasteiger partial charge in [-0.1, -0.05) is 6.58 Å². The van der Waals surface area contributed by atoms with Crippen LogP contribution in [0.15, 0.2) is 12.2 Å². The molecule has 0 aromatic heterocycles. The van der Waals surface area contributed by atoms with Crippen molar-refractivity contribution in [2.45, 2.75) is 13.1 Å². The van der Waals surface area contributed by atoms with E-state index in [0.29, 0.717) is 0 Å². The van der Waals surface area contributed by atoms with Gasteiger partial charge in [0.1, 0.15) is 0 Å². The van der Waals surface area contributed by atoms with Gasteiger partial charge in [0.05, 0.1) is 12.2 Å². The van der Waals surface area contributed by atoms with Crippen LogP contribution in [0, 0.1) is 0 Å². The zero-order valence-corrected chi connectivity index (χ0v) is 5.66. The molecule has 0 aliphatic carbocycles. The molecule has 60 valence electrons. The first kappa shape index (κ1) is 9.49. The second kappa shape index (κ2) is 3.61. The fourth-order valence-electron chi connectivity index (χ4n) is 0.307. The average Bonchev–Trinajstić information content (AvgIpc) is 1.80. The van der Waals surface area contributed by atoms with Crippen LogP contribution in [-0.4, -0.2) is 19.4 Å². The lowest BCUT2D eigenvalue weighted by molar-refractivity contribution is -0.0997. The Morgan fingerprint density at radius 1 is 1.50 bits per heavy atom. The highest BCUT2D eigenvalue weighted by Crippen LogP contribution is 2.23. The van der Waals surface area contributed by atoms with Gasteiger partial charge in [-0.25, -0.2) is 0 Å². The van der Waals surface area contributed by atoms with E-state index in [0.717, 1.165) is 0 Å². The van der Waals surface area contributed by atoms with Crippen LogP contribution < -0.4 is 0 Å². The number of hydrogen-bond acceptors (Lipinski definition) is 1. The summed E-state index contributed by atoms with van der Waals surface area (Å²) in [5, 5.41) is 0. The van der Waals surface area contributed by atoms with E-state index in [1.54, 1.807) is 6.92 Å². The van der Waals surface area contributed by atoms with Crippen molar-refractivity contribution < 1.29 is 17.9 Å². The van der Waals surface area contributed by atoms with E-state index < -0.39 is 18.4 Å². The number of halogens is 3. The van der Waals surface area contributed by atoms with Crippen LogP contribution in [0.25, 0.3) is 0 Å². The number of alkyl halides is 3.